The SMILES string of the molecule is O=C(NCc1ccc(N2CCCC2)nc1)c1cnn(-c2ccc(Cl)cc2)c1C(F)(F)F. The van der Waals surface area contributed by atoms with E-state index in [9.17, 15) is 18.0 Å². The lowest BCUT2D eigenvalue weighted by Crippen LogP contribution is -2.26. The van der Waals surface area contributed by atoms with Crippen LogP contribution in [0.25, 0.3) is 5.69 Å². The molecule has 4 rings (SSSR count). The summed E-state index contributed by atoms with van der Waals surface area (Å²) in [4.78, 5) is 19.1. The summed E-state index contributed by atoms with van der Waals surface area (Å²) in [5.74, 6) is -0.00710. The molecule has 162 valence electrons. The fourth-order valence-corrected chi connectivity index (χ4v) is 3.62. The van der Waals surface area contributed by atoms with E-state index >= 15 is 0 Å². The Morgan fingerprint density at radius 2 is 1.77 bits per heavy atom. The number of alkyl halides is 3. The molecular weight excluding hydrogens is 431 g/mol. The van der Waals surface area contributed by atoms with Crippen LogP contribution in [0.1, 0.15) is 34.5 Å². The third-order valence-electron chi connectivity index (χ3n) is 5.05. The number of hydrogen-bond acceptors (Lipinski definition) is 4. The highest BCUT2D eigenvalue weighted by molar-refractivity contribution is 6.30. The van der Waals surface area contributed by atoms with Crippen LogP contribution < -0.4 is 10.2 Å². The predicted molar refractivity (Wildman–Crippen MR) is 110 cm³/mol. The van der Waals surface area contributed by atoms with E-state index < -0.39 is 23.3 Å². The van der Waals surface area contributed by atoms with Crippen molar-refractivity contribution in [1.29, 1.82) is 0 Å². The first-order valence-electron chi connectivity index (χ1n) is 9.72. The van der Waals surface area contributed by atoms with Crippen LogP contribution in [-0.4, -0.2) is 33.8 Å². The molecule has 0 bridgehead atoms. The van der Waals surface area contributed by atoms with E-state index in [4.69, 9.17) is 11.6 Å². The number of amides is 1. The first-order valence-corrected chi connectivity index (χ1v) is 10.1. The van der Waals surface area contributed by atoms with Crippen molar-refractivity contribution in [2.45, 2.75) is 25.6 Å². The third-order valence-corrected chi connectivity index (χ3v) is 5.30. The predicted octanol–water partition coefficient (Wildman–Crippen LogP) is 4.47. The zero-order valence-electron chi connectivity index (χ0n) is 16.4. The van der Waals surface area contributed by atoms with Crippen molar-refractivity contribution in [2.24, 2.45) is 0 Å². The molecule has 10 heteroatoms. The molecule has 0 radical (unpaired) electrons. The Morgan fingerprint density at radius 3 is 2.39 bits per heavy atom. The van der Waals surface area contributed by atoms with Crippen molar-refractivity contribution < 1.29 is 18.0 Å². The zero-order valence-corrected chi connectivity index (χ0v) is 17.1. The van der Waals surface area contributed by atoms with Gasteiger partial charge in [-0.25, -0.2) is 9.67 Å². The molecule has 1 N–H and O–H groups in total. The minimum atomic E-state index is -4.78. The molecular formula is C21H19ClF3N5O. The third kappa shape index (κ3) is 4.66. The summed E-state index contributed by atoms with van der Waals surface area (Å²) in [6.07, 6.45) is 0.0222. The van der Waals surface area contributed by atoms with Gasteiger partial charge in [-0.05, 0) is 48.7 Å². The van der Waals surface area contributed by atoms with E-state index in [0.29, 0.717) is 15.3 Å². The fraction of sp³-hybridized carbons (Fsp3) is 0.286. The molecule has 2 aromatic heterocycles. The molecule has 0 saturated carbocycles. The number of nitrogens with zero attached hydrogens (tertiary/aromatic N) is 4. The van der Waals surface area contributed by atoms with Crippen LogP contribution >= 0.6 is 11.6 Å². The van der Waals surface area contributed by atoms with Crippen LogP contribution in [0.15, 0.2) is 48.8 Å². The Morgan fingerprint density at radius 1 is 1.06 bits per heavy atom. The lowest BCUT2D eigenvalue weighted by molar-refractivity contribution is -0.143. The standard InChI is InChI=1S/C21H19ClF3N5O/c22-15-4-6-16(7-5-15)30-19(21(23,24)25)17(13-28-30)20(31)27-12-14-3-8-18(26-11-14)29-9-1-2-10-29/h3-8,11,13H,1-2,9-10,12H2,(H,27,31). The summed E-state index contributed by atoms with van der Waals surface area (Å²) in [6, 6.07) is 9.38. The molecule has 0 unspecified atom stereocenters. The molecule has 1 aromatic carbocycles. The summed E-state index contributed by atoms with van der Waals surface area (Å²) in [5, 5.41) is 6.69. The first kappa shape index (κ1) is 21.2. The van der Waals surface area contributed by atoms with Crippen LogP contribution in [0.3, 0.4) is 0 Å². The molecule has 0 atom stereocenters. The highest BCUT2D eigenvalue weighted by Gasteiger charge is 2.40. The van der Waals surface area contributed by atoms with Gasteiger partial charge in [0, 0.05) is 30.9 Å². The summed E-state index contributed by atoms with van der Waals surface area (Å²) in [7, 11) is 0. The maximum Gasteiger partial charge on any atom is 0.434 e. The van der Waals surface area contributed by atoms with Crippen molar-refractivity contribution in [2.75, 3.05) is 18.0 Å². The molecule has 31 heavy (non-hydrogen) atoms. The van der Waals surface area contributed by atoms with Gasteiger partial charge >= 0.3 is 6.18 Å². The van der Waals surface area contributed by atoms with Crippen molar-refractivity contribution in [3.8, 4) is 5.69 Å². The topological polar surface area (TPSA) is 63.1 Å². The summed E-state index contributed by atoms with van der Waals surface area (Å²) < 4.78 is 41.9. The van der Waals surface area contributed by atoms with Gasteiger partial charge in [-0.1, -0.05) is 17.7 Å². The van der Waals surface area contributed by atoms with E-state index in [0.717, 1.165) is 37.9 Å². The van der Waals surface area contributed by atoms with E-state index in [2.05, 4.69) is 20.3 Å². The average Bonchev–Trinajstić information content (AvgIpc) is 3.43. The van der Waals surface area contributed by atoms with Crippen molar-refractivity contribution in [3.05, 3.63) is 70.6 Å². The number of rotatable bonds is 5. The van der Waals surface area contributed by atoms with Crippen molar-refractivity contribution in [1.82, 2.24) is 20.1 Å². The van der Waals surface area contributed by atoms with Crippen LogP contribution in [0.2, 0.25) is 5.02 Å². The maximum atomic E-state index is 13.7. The molecule has 6 nitrogen and oxygen atoms in total. The van der Waals surface area contributed by atoms with E-state index in [1.165, 1.54) is 24.3 Å². The summed E-state index contributed by atoms with van der Waals surface area (Å²) in [6.45, 7) is 1.97. The van der Waals surface area contributed by atoms with E-state index in [1.54, 1.807) is 6.20 Å². The first-order chi connectivity index (χ1) is 14.8. The van der Waals surface area contributed by atoms with Gasteiger partial charge in [-0.3, -0.25) is 4.79 Å². The van der Waals surface area contributed by atoms with E-state index in [-0.39, 0.29) is 12.2 Å². The van der Waals surface area contributed by atoms with Crippen LogP contribution in [0, 0.1) is 0 Å². The largest absolute Gasteiger partial charge is 0.434 e. The van der Waals surface area contributed by atoms with Crippen molar-refractivity contribution >= 4 is 23.3 Å². The monoisotopic (exact) mass is 449 g/mol. The Bertz CT molecular complexity index is 1060. The number of benzene rings is 1. The second kappa shape index (κ2) is 8.58. The zero-order chi connectivity index (χ0) is 22.0. The minimum absolute atomic E-state index is 0.0511. The Hall–Kier alpha value is -3.07. The Balaban J connectivity index is 1.51. The fourth-order valence-electron chi connectivity index (χ4n) is 3.50. The van der Waals surface area contributed by atoms with E-state index in [1.807, 2.05) is 12.1 Å². The molecule has 1 saturated heterocycles. The van der Waals surface area contributed by atoms with Gasteiger partial charge in [0.1, 0.15) is 5.82 Å². The van der Waals surface area contributed by atoms with Crippen LogP contribution in [0.4, 0.5) is 19.0 Å². The number of carbonyl (C=O) groups excluding carboxylic acids is 1. The number of aromatic nitrogens is 3. The highest BCUT2D eigenvalue weighted by Crippen LogP contribution is 2.34. The molecule has 1 aliphatic rings. The smallest absolute Gasteiger partial charge is 0.357 e. The molecule has 3 heterocycles. The van der Waals surface area contributed by atoms with Crippen LogP contribution in [0.5, 0.6) is 0 Å². The van der Waals surface area contributed by atoms with Gasteiger partial charge in [0.15, 0.2) is 5.69 Å². The number of halogens is 4. The van der Waals surface area contributed by atoms with Gasteiger partial charge in [-0.15, -0.1) is 0 Å². The Kier molecular flexibility index (Phi) is 5.86. The van der Waals surface area contributed by atoms with Gasteiger partial charge in [0.25, 0.3) is 5.91 Å². The second-order valence-corrected chi connectivity index (χ2v) is 7.63. The Labute approximate surface area is 181 Å². The number of carbonyl (C=O) groups is 1. The molecule has 0 spiro atoms. The highest BCUT2D eigenvalue weighted by atomic mass is 35.5. The molecule has 1 amide bonds. The average molecular weight is 450 g/mol. The molecule has 0 aliphatic carbocycles. The van der Waals surface area contributed by atoms with Crippen LogP contribution in [-0.2, 0) is 12.7 Å². The lowest BCUT2D eigenvalue weighted by Gasteiger charge is -2.16. The van der Waals surface area contributed by atoms with Crippen molar-refractivity contribution in [3.63, 3.8) is 0 Å². The number of pyridine rings is 1. The van der Waals surface area contributed by atoms with Gasteiger partial charge in [0.05, 0.1) is 17.4 Å². The summed E-state index contributed by atoms with van der Waals surface area (Å²) >= 11 is 5.81. The van der Waals surface area contributed by atoms with Gasteiger partial charge in [-0.2, -0.15) is 18.3 Å². The normalized spacial score (nSPS) is 14.1. The lowest BCUT2D eigenvalue weighted by atomic mass is 10.2. The van der Waals surface area contributed by atoms with Gasteiger partial charge < -0.3 is 10.2 Å². The van der Waals surface area contributed by atoms with Gasteiger partial charge in [0.2, 0.25) is 0 Å². The maximum absolute atomic E-state index is 13.7. The molecule has 3 aromatic rings. The quantitative estimate of drug-likeness (QED) is 0.624. The number of nitrogens with one attached hydrogen (secondary N) is 1. The summed E-state index contributed by atoms with van der Waals surface area (Å²) in [5.41, 5.74) is -0.855. The molecule has 1 aliphatic heterocycles. The number of hydrogen-bond donors (Lipinski definition) is 1. The minimum Gasteiger partial charge on any atom is -0.357 e. The number of anilines is 1. The molecule has 1 fully saturated rings. The second-order valence-electron chi connectivity index (χ2n) is 7.19.